The highest BCUT2D eigenvalue weighted by Gasteiger charge is 2.42. The summed E-state index contributed by atoms with van der Waals surface area (Å²) >= 11 is 0. The third-order valence-corrected chi connectivity index (χ3v) is 8.96. The van der Waals surface area contributed by atoms with Crippen molar-refractivity contribution in [2.45, 2.75) is 62.2 Å². The van der Waals surface area contributed by atoms with Crippen LogP contribution in [0.25, 0.3) is 0 Å². The lowest BCUT2D eigenvalue weighted by atomic mass is 9.88. The average Bonchev–Trinajstić information content (AvgIpc) is 2.84. The van der Waals surface area contributed by atoms with Gasteiger partial charge in [0.05, 0.1) is 30.0 Å². The molecule has 2 atom stereocenters. The van der Waals surface area contributed by atoms with Crippen molar-refractivity contribution in [3.05, 3.63) is 59.2 Å². The highest BCUT2D eigenvalue weighted by Crippen LogP contribution is 2.58. The first kappa shape index (κ1) is 25.2. The van der Waals surface area contributed by atoms with E-state index in [1.165, 1.54) is 13.2 Å². The fraction of sp³-hybridized carbons (Fsp3) is 0.478. The van der Waals surface area contributed by atoms with Crippen molar-refractivity contribution < 1.29 is 28.2 Å². The van der Waals surface area contributed by atoms with Gasteiger partial charge in [0.1, 0.15) is 5.75 Å². The lowest BCUT2D eigenvalue weighted by Gasteiger charge is -2.42. The van der Waals surface area contributed by atoms with Crippen molar-refractivity contribution in [2.24, 2.45) is 0 Å². The number of benzene rings is 2. The molecule has 0 radical (unpaired) electrons. The van der Waals surface area contributed by atoms with Crippen molar-refractivity contribution in [3.63, 3.8) is 0 Å². The fourth-order valence-corrected chi connectivity index (χ4v) is 7.43. The number of methoxy groups -OCH3 is 1. The van der Waals surface area contributed by atoms with Crippen molar-refractivity contribution in [3.8, 4) is 5.75 Å². The fourth-order valence-electron chi connectivity index (χ4n) is 4.50. The summed E-state index contributed by atoms with van der Waals surface area (Å²) in [4.78, 5) is 19.4. The van der Waals surface area contributed by atoms with Crippen LogP contribution < -0.4 is 10.1 Å². The van der Waals surface area contributed by atoms with Crippen LogP contribution in [0.4, 0.5) is 0 Å². The zero-order valence-electron chi connectivity index (χ0n) is 18.8. The minimum Gasteiger partial charge on any atom is -0.496 e. The van der Waals surface area contributed by atoms with Gasteiger partial charge in [-0.25, -0.2) is 0 Å². The molecule has 1 aliphatic heterocycles. The Labute approximate surface area is 191 Å². The van der Waals surface area contributed by atoms with Gasteiger partial charge in [-0.05, 0) is 30.5 Å². The van der Waals surface area contributed by atoms with Gasteiger partial charge in [0.2, 0.25) is 0 Å². The summed E-state index contributed by atoms with van der Waals surface area (Å²) in [5.74, 6) is 0.469. The van der Waals surface area contributed by atoms with Crippen LogP contribution in [0.15, 0.2) is 47.4 Å². The van der Waals surface area contributed by atoms with E-state index in [9.17, 15) is 23.5 Å². The molecule has 0 fully saturated rings. The molecule has 0 saturated heterocycles. The Kier molecular flexibility index (Phi) is 7.77. The number of unbranched alkanes of at least 4 members (excludes halogenated alkanes) is 1. The van der Waals surface area contributed by atoms with Gasteiger partial charge in [-0.3, -0.25) is 19.0 Å². The summed E-state index contributed by atoms with van der Waals surface area (Å²) in [6.07, 6.45) is 2.91. The summed E-state index contributed by atoms with van der Waals surface area (Å²) in [5.41, 5.74) is 1.41. The Morgan fingerprint density at radius 1 is 1.19 bits per heavy atom. The van der Waals surface area contributed by atoms with E-state index in [-0.39, 0.29) is 17.4 Å². The van der Waals surface area contributed by atoms with E-state index >= 15 is 0 Å². The lowest BCUT2D eigenvalue weighted by Crippen LogP contribution is -2.49. The quantitative estimate of drug-likeness (QED) is 0.314. The topological polar surface area (TPSA) is 119 Å². The van der Waals surface area contributed by atoms with Crippen LogP contribution >= 0.6 is 18.2 Å². The average molecular weight is 484 g/mol. The maximum absolute atomic E-state index is 11.7. The molecule has 2 aromatic carbocycles. The van der Waals surface area contributed by atoms with Crippen LogP contribution in [-0.2, 0) is 10.7 Å². The predicted octanol–water partition coefficient (Wildman–Crippen LogP) is 5.51. The molecule has 7 nitrogen and oxygen atoms in total. The van der Waals surface area contributed by atoms with Gasteiger partial charge in [0.25, 0.3) is 0 Å². The Bertz CT molecular complexity index is 980. The van der Waals surface area contributed by atoms with Crippen LogP contribution in [0.3, 0.4) is 0 Å². The minimum atomic E-state index is -4.39. The molecule has 32 heavy (non-hydrogen) atoms. The standard InChI is InChI=1S/C23H34NO6PS/c1-4-6-12-23(5-2)16-32(28,29)21-13-18(15-31(25,26)27)20(30-3)14-19(21)22(24-23)17-10-8-7-9-11-17/h7-11,13-14,22,24,28-29H,4-6,12,15-16H2,1-3H3,(H2,25,26,27)/t22-,23-/m1/s1. The first-order valence-corrected chi connectivity index (χ1v) is 14.4. The van der Waals surface area contributed by atoms with Crippen LogP contribution in [-0.4, -0.2) is 37.3 Å². The molecular formula is C23H34NO6PS. The molecule has 0 bridgehead atoms. The van der Waals surface area contributed by atoms with Crippen molar-refractivity contribution in [1.29, 1.82) is 0 Å². The second-order valence-electron chi connectivity index (χ2n) is 8.56. The van der Waals surface area contributed by atoms with E-state index in [1.807, 2.05) is 30.3 Å². The molecule has 9 heteroatoms. The van der Waals surface area contributed by atoms with Gasteiger partial charge in [-0.15, -0.1) is 0 Å². The van der Waals surface area contributed by atoms with Gasteiger partial charge in [0.15, 0.2) is 0 Å². The Morgan fingerprint density at radius 3 is 2.44 bits per heavy atom. The van der Waals surface area contributed by atoms with Gasteiger partial charge < -0.3 is 14.5 Å². The summed E-state index contributed by atoms with van der Waals surface area (Å²) in [6.45, 7) is 4.16. The van der Waals surface area contributed by atoms with E-state index in [0.29, 0.717) is 22.6 Å². The number of ether oxygens (including phenoxy) is 1. The Hall–Kier alpha value is -1.38. The molecule has 1 heterocycles. The van der Waals surface area contributed by atoms with Crippen molar-refractivity contribution in [1.82, 2.24) is 5.32 Å². The van der Waals surface area contributed by atoms with Crippen LogP contribution in [0, 0.1) is 0 Å². The third kappa shape index (κ3) is 5.57. The summed E-state index contributed by atoms with van der Waals surface area (Å²) in [7, 11) is -6.18. The van der Waals surface area contributed by atoms with Gasteiger partial charge in [-0.1, -0.05) is 57.0 Å². The normalized spacial score (nSPS) is 23.8. The SMILES string of the molecule is CCCC[C@]1(CC)CS(O)(O)c2cc(CP(=O)(O)O)c(OC)cc2[C@@H](c2ccccc2)N1. The molecule has 2 aromatic rings. The van der Waals surface area contributed by atoms with E-state index in [4.69, 9.17) is 4.74 Å². The van der Waals surface area contributed by atoms with Gasteiger partial charge in [-0.2, -0.15) is 10.6 Å². The molecular weight excluding hydrogens is 449 g/mol. The van der Waals surface area contributed by atoms with E-state index in [2.05, 4.69) is 19.2 Å². The second-order valence-corrected chi connectivity index (χ2v) is 12.3. The Balaban J connectivity index is 2.25. The van der Waals surface area contributed by atoms with E-state index < -0.39 is 29.9 Å². The number of hydrogen-bond acceptors (Lipinski definition) is 5. The molecule has 0 amide bonds. The molecule has 0 saturated carbocycles. The monoisotopic (exact) mass is 483 g/mol. The maximum Gasteiger partial charge on any atom is 0.330 e. The molecule has 1 aliphatic rings. The summed E-state index contributed by atoms with van der Waals surface area (Å²) in [5, 5.41) is 3.75. The highest BCUT2D eigenvalue weighted by molar-refractivity contribution is 8.24. The number of fused-ring (bicyclic) bond motifs is 1. The van der Waals surface area contributed by atoms with Crippen LogP contribution in [0.5, 0.6) is 5.75 Å². The zero-order chi connectivity index (χ0) is 23.6. The second kappa shape index (κ2) is 9.85. The molecule has 0 unspecified atom stereocenters. The number of nitrogens with one attached hydrogen (secondary N) is 1. The number of hydrogen-bond donors (Lipinski definition) is 5. The molecule has 0 aromatic heterocycles. The first-order chi connectivity index (χ1) is 15.0. The smallest absolute Gasteiger partial charge is 0.330 e. The summed E-state index contributed by atoms with van der Waals surface area (Å²) < 4.78 is 40.0. The number of rotatable bonds is 8. The van der Waals surface area contributed by atoms with Crippen LogP contribution in [0.2, 0.25) is 0 Å². The van der Waals surface area contributed by atoms with Gasteiger partial charge in [0, 0.05) is 16.7 Å². The Morgan fingerprint density at radius 2 is 1.88 bits per heavy atom. The van der Waals surface area contributed by atoms with E-state index in [0.717, 1.165) is 24.8 Å². The van der Waals surface area contributed by atoms with Crippen molar-refractivity contribution >= 4 is 18.2 Å². The van der Waals surface area contributed by atoms with E-state index in [1.54, 1.807) is 6.07 Å². The van der Waals surface area contributed by atoms with Crippen LogP contribution in [0.1, 0.15) is 62.3 Å². The maximum atomic E-state index is 11.7. The molecule has 0 aliphatic carbocycles. The molecule has 3 rings (SSSR count). The summed E-state index contributed by atoms with van der Waals surface area (Å²) in [6, 6.07) is 12.7. The largest absolute Gasteiger partial charge is 0.496 e. The molecule has 0 spiro atoms. The van der Waals surface area contributed by atoms with Gasteiger partial charge >= 0.3 is 7.60 Å². The lowest BCUT2D eigenvalue weighted by molar-refractivity contribution is 0.290. The predicted molar refractivity (Wildman–Crippen MR) is 129 cm³/mol. The highest BCUT2D eigenvalue weighted by atomic mass is 32.3. The first-order valence-electron chi connectivity index (χ1n) is 10.9. The zero-order valence-corrected chi connectivity index (χ0v) is 20.5. The third-order valence-electron chi connectivity index (χ3n) is 6.20. The molecule has 178 valence electrons. The molecule has 5 N–H and O–H groups in total. The van der Waals surface area contributed by atoms with Crippen molar-refractivity contribution in [2.75, 3.05) is 12.9 Å². The minimum absolute atomic E-state index is 0.147.